The zero-order valence-corrected chi connectivity index (χ0v) is 20.7. The van der Waals surface area contributed by atoms with Crippen molar-refractivity contribution < 1.29 is 14.7 Å². The molecule has 6 nitrogen and oxygen atoms in total. The number of amides is 2. The van der Waals surface area contributed by atoms with Crippen molar-refractivity contribution in [3.05, 3.63) is 70.8 Å². The number of aryl methyl sites for hydroxylation is 1. The van der Waals surface area contributed by atoms with Crippen LogP contribution in [0.4, 0.5) is 0 Å². The molecule has 1 aliphatic rings. The molecule has 184 valence electrons. The number of nitrogens with zero attached hydrogens (tertiary/aromatic N) is 1. The lowest BCUT2D eigenvalue weighted by Crippen LogP contribution is -2.49. The van der Waals surface area contributed by atoms with Gasteiger partial charge in [-0.05, 0) is 67.9 Å². The lowest BCUT2D eigenvalue weighted by atomic mass is 9.87. The SMILES string of the molecule is CCCN(CCC)C(=O)c1cc(C)cc(C(=O)NC[C@H](O)C2CCC(c3ccccc3)CN2)c1. The van der Waals surface area contributed by atoms with E-state index in [2.05, 4.69) is 48.7 Å². The molecule has 0 spiro atoms. The third-order valence-corrected chi connectivity index (χ3v) is 6.52. The average molecular weight is 466 g/mol. The van der Waals surface area contributed by atoms with E-state index in [1.165, 1.54) is 5.56 Å². The molecule has 1 saturated heterocycles. The third kappa shape index (κ3) is 6.90. The molecule has 0 bridgehead atoms. The second-order valence-corrected chi connectivity index (χ2v) is 9.36. The summed E-state index contributed by atoms with van der Waals surface area (Å²) >= 11 is 0. The first-order valence-electron chi connectivity index (χ1n) is 12.6. The summed E-state index contributed by atoms with van der Waals surface area (Å²) in [7, 11) is 0. The van der Waals surface area contributed by atoms with Crippen molar-refractivity contribution in [1.29, 1.82) is 0 Å². The topological polar surface area (TPSA) is 81.7 Å². The number of benzene rings is 2. The van der Waals surface area contributed by atoms with Crippen LogP contribution >= 0.6 is 0 Å². The Hall–Kier alpha value is -2.70. The van der Waals surface area contributed by atoms with Crippen LogP contribution < -0.4 is 10.6 Å². The molecular formula is C28H39N3O3. The zero-order chi connectivity index (χ0) is 24.5. The molecule has 2 aromatic rings. The van der Waals surface area contributed by atoms with Gasteiger partial charge < -0.3 is 20.6 Å². The van der Waals surface area contributed by atoms with Crippen LogP contribution in [0.15, 0.2) is 48.5 Å². The molecule has 0 aromatic heterocycles. The van der Waals surface area contributed by atoms with E-state index >= 15 is 0 Å². The molecule has 3 atom stereocenters. The van der Waals surface area contributed by atoms with Crippen molar-refractivity contribution in [3.63, 3.8) is 0 Å². The molecule has 1 heterocycles. The minimum Gasteiger partial charge on any atom is -0.390 e. The maximum absolute atomic E-state index is 13.0. The molecule has 3 rings (SSSR count). The van der Waals surface area contributed by atoms with Gasteiger partial charge in [-0.3, -0.25) is 9.59 Å². The molecule has 0 radical (unpaired) electrons. The number of aliphatic hydroxyl groups excluding tert-OH is 1. The number of piperidine rings is 1. The van der Waals surface area contributed by atoms with Gasteiger partial charge in [0.2, 0.25) is 0 Å². The zero-order valence-electron chi connectivity index (χ0n) is 20.7. The Balaban J connectivity index is 1.56. The summed E-state index contributed by atoms with van der Waals surface area (Å²) in [6.45, 7) is 8.39. The van der Waals surface area contributed by atoms with Crippen LogP contribution in [-0.4, -0.2) is 60.1 Å². The van der Waals surface area contributed by atoms with Crippen LogP contribution in [0.25, 0.3) is 0 Å². The number of carbonyl (C=O) groups is 2. The van der Waals surface area contributed by atoms with E-state index in [9.17, 15) is 14.7 Å². The number of carbonyl (C=O) groups excluding carboxylic acids is 2. The van der Waals surface area contributed by atoms with Gasteiger partial charge in [0.15, 0.2) is 0 Å². The number of hydrogen-bond acceptors (Lipinski definition) is 4. The summed E-state index contributed by atoms with van der Waals surface area (Å²) in [4.78, 5) is 27.7. The summed E-state index contributed by atoms with van der Waals surface area (Å²) in [5.74, 6) is 0.135. The lowest BCUT2D eigenvalue weighted by molar-refractivity contribution is 0.0755. The second kappa shape index (κ2) is 12.7. The number of hydrogen-bond donors (Lipinski definition) is 3. The van der Waals surface area contributed by atoms with Gasteiger partial charge in [-0.15, -0.1) is 0 Å². The highest BCUT2D eigenvalue weighted by Gasteiger charge is 2.27. The monoisotopic (exact) mass is 465 g/mol. The van der Waals surface area contributed by atoms with E-state index in [1.807, 2.05) is 24.0 Å². The molecular weight excluding hydrogens is 426 g/mol. The fraction of sp³-hybridized carbons (Fsp3) is 0.500. The van der Waals surface area contributed by atoms with Gasteiger partial charge in [0, 0.05) is 43.3 Å². The van der Waals surface area contributed by atoms with Gasteiger partial charge in [-0.2, -0.15) is 0 Å². The lowest BCUT2D eigenvalue weighted by Gasteiger charge is -2.33. The summed E-state index contributed by atoms with van der Waals surface area (Å²) in [6, 6.07) is 15.7. The Morgan fingerprint density at radius 3 is 2.35 bits per heavy atom. The van der Waals surface area contributed by atoms with Crippen LogP contribution in [-0.2, 0) is 0 Å². The van der Waals surface area contributed by atoms with Gasteiger partial charge in [-0.25, -0.2) is 0 Å². The molecule has 2 unspecified atom stereocenters. The van der Waals surface area contributed by atoms with Crippen LogP contribution in [0.1, 0.15) is 77.3 Å². The van der Waals surface area contributed by atoms with Crippen molar-refractivity contribution in [3.8, 4) is 0 Å². The normalized spacial score (nSPS) is 18.8. The molecule has 3 N–H and O–H groups in total. The van der Waals surface area contributed by atoms with Crippen LogP contribution in [0.3, 0.4) is 0 Å². The Labute approximate surface area is 203 Å². The van der Waals surface area contributed by atoms with Gasteiger partial charge in [-0.1, -0.05) is 44.2 Å². The van der Waals surface area contributed by atoms with Crippen molar-refractivity contribution in [2.45, 2.75) is 64.5 Å². The Kier molecular flexibility index (Phi) is 9.66. The molecule has 0 saturated carbocycles. The molecule has 2 aromatic carbocycles. The summed E-state index contributed by atoms with van der Waals surface area (Å²) in [5.41, 5.74) is 3.17. The van der Waals surface area contributed by atoms with Crippen LogP contribution in [0.2, 0.25) is 0 Å². The summed E-state index contributed by atoms with van der Waals surface area (Å²) in [5, 5.41) is 17.0. The molecule has 1 aliphatic heterocycles. The predicted molar refractivity (Wildman–Crippen MR) is 136 cm³/mol. The Morgan fingerprint density at radius 1 is 1.06 bits per heavy atom. The molecule has 6 heteroatoms. The van der Waals surface area contributed by atoms with E-state index in [-0.39, 0.29) is 24.4 Å². The molecule has 1 fully saturated rings. The first-order chi connectivity index (χ1) is 16.4. The number of rotatable bonds is 10. The Bertz CT molecular complexity index is 933. The molecule has 2 amide bonds. The van der Waals surface area contributed by atoms with E-state index in [0.29, 0.717) is 30.1 Å². The van der Waals surface area contributed by atoms with E-state index in [0.717, 1.165) is 37.8 Å². The predicted octanol–water partition coefficient (Wildman–Crippen LogP) is 3.88. The maximum atomic E-state index is 13.0. The molecule has 34 heavy (non-hydrogen) atoms. The molecule has 0 aliphatic carbocycles. The quantitative estimate of drug-likeness (QED) is 0.497. The van der Waals surface area contributed by atoms with E-state index in [1.54, 1.807) is 12.1 Å². The minimum atomic E-state index is -0.670. The smallest absolute Gasteiger partial charge is 0.253 e. The van der Waals surface area contributed by atoms with Gasteiger partial charge in [0.05, 0.1) is 6.10 Å². The van der Waals surface area contributed by atoms with Crippen molar-refractivity contribution in [1.82, 2.24) is 15.5 Å². The summed E-state index contributed by atoms with van der Waals surface area (Å²) in [6.07, 6.45) is 2.97. The minimum absolute atomic E-state index is 0.0409. The highest BCUT2D eigenvalue weighted by atomic mass is 16.3. The van der Waals surface area contributed by atoms with Gasteiger partial charge in [0.1, 0.15) is 0 Å². The largest absolute Gasteiger partial charge is 0.390 e. The van der Waals surface area contributed by atoms with Crippen molar-refractivity contribution in [2.75, 3.05) is 26.2 Å². The van der Waals surface area contributed by atoms with Crippen LogP contribution in [0.5, 0.6) is 0 Å². The van der Waals surface area contributed by atoms with E-state index < -0.39 is 6.10 Å². The van der Waals surface area contributed by atoms with Gasteiger partial charge in [0.25, 0.3) is 11.8 Å². The van der Waals surface area contributed by atoms with E-state index in [4.69, 9.17) is 0 Å². The van der Waals surface area contributed by atoms with Gasteiger partial charge >= 0.3 is 0 Å². The van der Waals surface area contributed by atoms with Crippen molar-refractivity contribution in [2.24, 2.45) is 0 Å². The fourth-order valence-corrected chi connectivity index (χ4v) is 4.73. The number of aliphatic hydroxyl groups is 1. The fourth-order valence-electron chi connectivity index (χ4n) is 4.73. The second-order valence-electron chi connectivity index (χ2n) is 9.36. The first-order valence-corrected chi connectivity index (χ1v) is 12.6. The number of nitrogens with one attached hydrogen (secondary N) is 2. The van der Waals surface area contributed by atoms with Crippen molar-refractivity contribution >= 4 is 11.8 Å². The van der Waals surface area contributed by atoms with Crippen LogP contribution in [0, 0.1) is 6.92 Å². The average Bonchev–Trinajstić information content (AvgIpc) is 2.86. The Morgan fingerprint density at radius 2 is 1.74 bits per heavy atom. The maximum Gasteiger partial charge on any atom is 0.253 e. The third-order valence-electron chi connectivity index (χ3n) is 6.52. The highest BCUT2D eigenvalue weighted by molar-refractivity contribution is 6.00. The standard InChI is InChI=1S/C28H39N3O3/c1-4-13-31(14-5-2)28(34)24-16-20(3)15-23(17-24)27(33)30-19-26(32)25-12-11-22(18-29-25)21-9-7-6-8-10-21/h6-10,15-17,22,25-26,29,32H,4-5,11-14,18-19H2,1-3H3,(H,30,33)/t22?,25?,26-/m0/s1. The highest BCUT2D eigenvalue weighted by Crippen LogP contribution is 2.26. The summed E-state index contributed by atoms with van der Waals surface area (Å²) < 4.78 is 0. The first kappa shape index (κ1) is 25.9.